The van der Waals surface area contributed by atoms with Gasteiger partial charge < -0.3 is 10.0 Å². The normalized spacial score (nSPS) is 14.7. The standard InChI is InChI=1S/C25H21ClF3N3O5/c1-4-30-18-10-14(8-9-16(18)24(2,3)22(30)36)31-12-15(21(34)35)20(33)32(23(31)37)11-13-6-5-7-17(19(13)26)25(27,28)29/h5-10,12H,4,11H2,1-3H3,(H,34,35). The lowest BCUT2D eigenvalue weighted by molar-refractivity contribution is -0.137. The molecule has 12 heteroatoms. The highest BCUT2D eigenvalue weighted by Crippen LogP contribution is 2.42. The molecule has 8 nitrogen and oxygen atoms in total. The number of alkyl halides is 3. The molecule has 3 aromatic rings. The molecule has 0 unspecified atom stereocenters. The topological polar surface area (TPSA) is 102 Å². The fourth-order valence-electron chi connectivity index (χ4n) is 4.46. The van der Waals surface area contributed by atoms with Gasteiger partial charge in [-0.15, -0.1) is 0 Å². The van der Waals surface area contributed by atoms with E-state index in [2.05, 4.69) is 0 Å². The Kier molecular flexibility index (Phi) is 6.31. The van der Waals surface area contributed by atoms with Gasteiger partial charge in [0.15, 0.2) is 0 Å². The Morgan fingerprint density at radius 2 is 1.78 bits per heavy atom. The molecule has 0 saturated carbocycles. The van der Waals surface area contributed by atoms with E-state index in [-0.39, 0.29) is 17.2 Å². The van der Waals surface area contributed by atoms with Crippen LogP contribution < -0.4 is 16.1 Å². The van der Waals surface area contributed by atoms with Crippen molar-refractivity contribution in [2.75, 3.05) is 11.4 Å². The Balaban J connectivity index is 1.92. The number of carbonyl (C=O) groups excluding carboxylic acids is 1. The fraction of sp³-hybridized carbons (Fsp3) is 0.280. The van der Waals surface area contributed by atoms with E-state index in [1.54, 1.807) is 26.8 Å². The number of aromatic carboxylic acids is 1. The number of carbonyl (C=O) groups is 2. The first-order chi connectivity index (χ1) is 17.2. The Labute approximate surface area is 213 Å². The lowest BCUT2D eigenvalue weighted by Crippen LogP contribution is -2.42. The predicted octanol–water partition coefficient (Wildman–Crippen LogP) is 4.06. The Bertz CT molecular complexity index is 1570. The molecule has 2 aromatic carbocycles. The minimum Gasteiger partial charge on any atom is -0.477 e. The highest BCUT2D eigenvalue weighted by atomic mass is 35.5. The largest absolute Gasteiger partial charge is 0.477 e. The summed E-state index contributed by atoms with van der Waals surface area (Å²) in [6.07, 6.45) is -3.92. The lowest BCUT2D eigenvalue weighted by Gasteiger charge is -2.18. The van der Waals surface area contributed by atoms with Gasteiger partial charge in [-0.3, -0.25) is 18.7 Å². The van der Waals surface area contributed by atoms with Gasteiger partial charge >= 0.3 is 17.8 Å². The van der Waals surface area contributed by atoms with Crippen molar-refractivity contribution in [3.05, 3.63) is 90.7 Å². The summed E-state index contributed by atoms with van der Waals surface area (Å²) in [6.45, 7) is 4.96. The number of likely N-dealkylation sites (N-methyl/N-ethyl adjacent to an activating group) is 1. The van der Waals surface area contributed by atoms with Gasteiger partial charge in [0.2, 0.25) is 5.91 Å². The highest BCUT2D eigenvalue weighted by Gasteiger charge is 2.43. The second kappa shape index (κ2) is 8.91. The molecule has 1 aromatic heterocycles. The molecule has 0 spiro atoms. The van der Waals surface area contributed by atoms with Crippen molar-refractivity contribution in [1.82, 2.24) is 9.13 Å². The van der Waals surface area contributed by atoms with Crippen molar-refractivity contribution in [3.8, 4) is 5.69 Å². The Morgan fingerprint density at radius 1 is 1.11 bits per heavy atom. The number of fused-ring (bicyclic) bond motifs is 1. The third-order valence-corrected chi connectivity index (χ3v) is 6.88. The zero-order valence-corrected chi connectivity index (χ0v) is 20.6. The van der Waals surface area contributed by atoms with Crippen LogP contribution in [-0.4, -0.2) is 32.7 Å². The highest BCUT2D eigenvalue weighted by molar-refractivity contribution is 6.32. The minimum absolute atomic E-state index is 0.148. The summed E-state index contributed by atoms with van der Waals surface area (Å²) in [4.78, 5) is 52.5. The van der Waals surface area contributed by atoms with E-state index >= 15 is 0 Å². The molecule has 0 bridgehead atoms. The summed E-state index contributed by atoms with van der Waals surface area (Å²) in [5.74, 6) is -1.78. The molecule has 0 saturated heterocycles. The quantitative estimate of drug-likeness (QED) is 0.531. The van der Waals surface area contributed by atoms with Crippen LogP contribution in [-0.2, 0) is 22.9 Å². The number of nitrogens with zero attached hydrogens (tertiary/aromatic N) is 3. The SMILES string of the molecule is CCN1C(=O)C(C)(C)c2ccc(-n3cc(C(=O)O)c(=O)n(Cc4cccc(C(F)(F)F)c4Cl)c3=O)cc21. The average molecular weight is 536 g/mol. The first-order valence-electron chi connectivity index (χ1n) is 11.1. The molecule has 2 heterocycles. The number of hydrogen-bond acceptors (Lipinski definition) is 4. The molecule has 1 aliphatic rings. The van der Waals surface area contributed by atoms with Crippen LogP contribution in [0.1, 0.15) is 47.8 Å². The van der Waals surface area contributed by atoms with Crippen LogP contribution in [0, 0.1) is 0 Å². The number of amides is 1. The molecule has 37 heavy (non-hydrogen) atoms. The number of carboxylic acid groups (broad SMARTS) is 1. The third-order valence-electron chi connectivity index (χ3n) is 6.43. The zero-order chi connectivity index (χ0) is 27.4. The predicted molar refractivity (Wildman–Crippen MR) is 130 cm³/mol. The molecule has 0 atom stereocenters. The van der Waals surface area contributed by atoms with E-state index in [4.69, 9.17) is 11.6 Å². The average Bonchev–Trinajstić information content (AvgIpc) is 3.01. The van der Waals surface area contributed by atoms with Crippen LogP contribution in [0.4, 0.5) is 18.9 Å². The first kappa shape index (κ1) is 26.2. The van der Waals surface area contributed by atoms with Crippen molar-refractivity contribution >= 4 is 29.2 Å². The van der Waals surface area contributed by atoms with Gasteiger partial charge in [-0.1, -0.05) is 29.8 Å². The van der Waals surface area contributed by atoms with Crippen molar-refractivity contribution in [3.63, 3.8) is 0 Å². The number of anilines is 1. The first-order valence-corrected chi connectivity index (χ1v) is 11.5. The summed E-state index contributed by atoms with van der Waals surface area (Å²) in [7, 11) is 0. The summed E-state index contributed by atoms with van der Waals surface area (Å²) in [6, 6.07) is 7.73. The molecule has 1 aliphatic heterocycles. The van der Waals surface area contributed by atoms with Gasteiger partial charge in [-0.25, -0.2) is 9.59 Å². The van der Waals surface area contributed by atoms with E-state index in [1.807, 2.05) is 0 Å². The fourth-order valence-corrected chi connectivity index (χ4v) is 4.75. The number of rotatable bonds is 5. The molecule has 4 rings (SSSR count). The number of aromatic nitrogens is 2. The van der Waals surface area contributed by atoms with Crippen LogP contribution in [0.2, 0.25) is 5.02 Å². The van der Waals surface area contributed by atoms with Gasteiger partial charge in [0.05, 0.1) is 28.2 Å². The minimum atomic E-state index is -4.78. The summed E-state index contributed by atoms with van der Waals surface area (Å²) < 4.78 is 41.4. The maximum Gasteiger partial charge on any atom is 0.417 e. The number of benzene rings is 2. The lowest BCUT2D eigenvalue weighted by atomic mass is 9.86. The second-order valence-corrected chi connectivity index (χ2v) is 9.42. The molecule has 0 aliphatic carbocycles. The summed E-state index contributed by atoms with van der Waals surface area (Å²) in [5, 5.41) is 8.90. The Morgan fingerprint density at radius 3 is 2.38 bits per heavy atom. The van der Waals surface area contributed by atoms with Crippen LogP contribution in [0.3, 0.4) is 0 Å². The van der Waals surface area contributed by atoms with Crippen LogP contribution in [0.25, 0.3) is 5.69 Å². The van der Waals surface area contributed by atoms with E-state index in [0.717, 1.165) is 22.9 Å². The Hall–Kier alpha value is -3.86. The number of hydrogen-bond donors (Lipinski definition) is 1. The smallest absolute Gasteiger partial charge is 0.417 e. The number of carboxylic acids is 1. The molecule has 0 fully saturated rings. The van der Waals surface area contributed by atoms with Crippen molar-refractivity contribution < 1.29 is 27.9 Å². The van der Waals surface area contributed by atoms with Crippen LogP contribution in [0.15, 0.2) is 52.2 Å². The van der Waals surface area contributed by atoms with Crippen molar-refractivity contribution in [1.29, 1.82) is 0 Å². The molecule has 194 valence electrons. The second-order valence-electron chi connectivity index (χ2n) is 9.04. The van der Waals surface area contributed by atoms with Crippen LogP contribution in [0.5, 0.6) is 0 Å². The summed E-state index contributed by atoms with van der Waals surface area (Å²) >= 11 is 5.95. The summed E-state index contributed by atoms with van der Waals surface area (Å²) in [5.41, 5.74) is -3.73. The van der Waals surface area contributed by atoms with E-state index in [1.165, 1.54) is 23.1 Å². The molecular formula is C25H21ClF3N3O5. The van der Waals surface area contributed by atoms with Gasteiger partial charge in [0.1, 0.15) is 5.56 Å². The molecule has 1 N–H and O–H groups in total. The molecular weight excluding hydrogens is 515 g/mol. The molecule has 0 radical (unpaired) electrons. The van der Waals surface area contributed by atoms with Crippen molar-refractivity contribution in [2.45, 2.75) is 38.9 Å². The zero-order valence-electron chi connectivity index (χ0n) is 19.9. The maximum atomic E-state index is 13.4. The van der Waals surface area contributed by atoms with Gasteiger partial charge in [0.25, 0.3) is 5.56 Å². The number of halogens is 4. The van der Waals surface area contributed by atoms with Gasteiger partial charge in [-0.05, 0) is 50.1 Å². The van der Waals surface area contributed by atoms with Crippen LogP contribution >= 0.6 is 11.6 Å². The monoisotopic (exact) mass is 535 g/mol. The third kappa shape index (κ3) is 4.22. The van der Waals surface area contributed by atoms with Gasteiger partial charge in [0, 0.05) is 18.4 Å². The van der Waals surface area contributed by atoms with Gasteiger partial charge in [-0.2, -0.15) is 13.2 Å². The van der Waals surface area contributed by atoms with E-state index in [0.29, 0.717) is 22.4 Å². The van der Waals surface area contributed by atoms with Crippen molar-refractivity contribution in [2.24, 2.45) is 0 Å². The van der Waals surface area contributed by atoms with E-state index < -0.39 is 51.5 Å². The van der Waals surface area contributed by atoms with E-state index in [9.17, 15) is 37.5 Å². The maximum absolute atomic E-state index is 13.4. The molecule has 1 amide bonds.